The maximum atomic E-state index is 11.7. The van der Waals surface area contributed by atoms with E-state index in [1.54, 1.807) is 17.3 Å². The molecule has 23 heteroatoms. The monoisotopic (exact) mass is 2010 g/mol. The number of aryl methyl sites for hydroxylation is 8. The molecular weight excluding hydrogens is 1900 g/mol. The molecule has 2 aliphatic heterocycles. The van der Waals surface area contributed by atoms with Crippen LogP contribution >= 0.6 is 25.5 Å². The topological polar surface area (TPSA) is 127 Å². The number of hydrogen-bond acceptors (Lipinski definition) is 13. The largest absolute Gasteiger partial charge is 0.102 e. The molecule has 0 bridgehead atoms. The van der Waals surface area contributed by atoms with Crippen LogP contribution < -0.4 is 70.8 Å². The molecule has 2 aliphatic rings. The summed E-state index contributed by atoms with van der Waals surface area (Å²) in [6.45, 7) is 31.0. The quantitative estimate of drug-likeness (QED) is 0.0180. The van der Waals surface area contributed by atoms with Crippen molar-refractivity contribution in [3.05, 3.63) is 463 Å². The van der Waals surface area contributed by atoms with Gasteiger partial charge in [0.2, 0.25) is 8.32 Å². The number of nitrogens with zero attached hydrogens (tertiary/aromatic N) is 4. The maximum Gasteiger partial charge on any atom is 0.102 e. The molecule has 675 valence electrons. The van der Waals surface area contributed by atoms with Gasteiger partial charge in [0.05, 0.1) is 38.6 Å². The van der Waals surface area contributed by atoms with Gasteiger partial charge < -0.3 is 39.8 Å². The third kappa shape index (κ3) is 29.9. The van der Waals surface area contributed by atoms with Gasteiger partial charge in [0.1, 0.15) is 54.8 Å². The van der Waals surface area contributed by atoms with Gasteiger partial charge in [0.25, 0.3) is 23.5 Å². The van der Waals surface area contributed by atoms with Crippen molar-refractivity contribution in [3.8, 4) is 23.0 Å². The van der Waals surface area contributed by atoms with Crippen molar-refractivity contribution in [2.24, 2.45) is 0 Å². The minimum atomic E-state index is -5.39. The molecule has 13 nitrogen and oxygen atoms in total. The molecule has 0 fully saturated rings. The van der Waals surface area contributed by atoms with Crippen molar-refractivity contribution in [1.82, 2.24) is 0 Å². The van der Waals surface area contributed by atoms with E-state index in [-0.39, 0.29) is 26.9 Å². The van der Waals surface area contributed by atoms with E-state index in [2.05, 4.69) is 325 Å². The third-order valence-electron chi connectivity index (χ3n) is 19.0. The molecule has 14 aromatic carbocycles. The molecule has 0 unspecified atom stereocenters. The molecule has 0 aliphatic carbocycles. The number of benzene rings is 14. The van der Waals surface area contributed by atoms with Gasteiger partial charge in [0.15, 0.2) is 0 Å². The average molecular weight is 2010 g/mol. The summed E-state index contributed by atoms with van der Waals surface area (Å²) in [5.41, 5.74) is 13.8. The average Bonchev–Trinajstić information content (AvgIpc) is 1.60. The molecule has 0 saturated heterocycles. The number of hydrogen-bond donors (Lipinski definition) is 0. The van der Waals surface area contributed by atoms with Crippen molar-refractivity contribution in [1.29, 1.82) is 0 Å². The van der Waals surface area contributed by atoms with Crippen LogP contribution in [0, 0.1) is 62.8 Å². The molecule has 2 heterocycles. The van der Waals surface area contributed by atoms with Gasteiger partial charge in [-0.2, -0.15) is 21.6 Å². The zero-order chi connectivity index (χ0) is 92.8. The van der Waals surface area contributed by atoms with Crippen LogP contribution in [0.25, 0.3) is 0 Å². The molecule has 0 N–H and O–H groups in total. The minimum Gasteiger partial charge on any atom is -0.0620 e. The number of ether oxygens (including phenoxy) is 4. The summed E-state index contributed by atoms with van der Waals surface area (Å²) in [4.78, 5) is 15.5. The molecule has 0 spiro atoms. The summed E-state index contributed by atoms with van der Waals surface area (Å²) in [5.74, 6) is 5.43. The summed E-state index contributed by atoms with van der Waals surface area (Å²) in [6, 6.07) is 130. The fourth-order valence-corrected chi connectivity index (χ4v) is 21.6. The van der Waals surface area contributed by atoms with Crippen LogP contribution in [0.15, 0.2) is 411 Å². The van der Waals surface area contributed by atoms with Gasteiger partial charge in [-0.25, -0.2) is 20.0 Å². The normalized spacial score (nSPS) is 11.6. The van der Waals surface area contributed by atoms with Crippen LogP contribution in [0.3, 0.4) is 0 Å². The Morgan fingerprint density at radius 3 is 0.577 bits per heavy atom. The molecule has 0 atom stereocenters. The summed E-state index contributed by atoms with van der Waals surface area (Å²) in [6.07, 6.45) is 0. The smallest absolute Gasteiger partial charge is 0.0620 e. The van der Waals surface area contributed by atoms with Gasteiger partial charge in [-0.1, -0.05) is 269 Å². The predicted molar refractivity (Wildman–Crippen MR) is 535 cm³/mol. The zero-order valence-electron chi connectivity index (χ0n) is 75.1. The summed E-state index contributed by atoms with van der Waals surface area (Å²) >= 11 is 1.62. The molecule has 0 saturated carbocycles. The second-order valence-corrected chi connectivity index (χ2v) is 40.6. The van der Waals surface area contributed by atoms with E-state index in [9.17, 15) is 21.6 Å². The molecule has 14 aromatic rings. The van der Waals surface area contributed by atoms with Crippen LogP contribution in [-0.2, 0) is 60.4 Å². The Bertz CT molecular complexity index is 5210. The van der Waals surface area contributed by atoms with Crippen molar-refractivity contribution < 1.29 is 90.8 Å². The number of rotatable bonds is 20. The number of anilines is 4. The third-order valence-corrected chi connectivity index (χ3v) is 28.0. The number of alkyl halides is 3. The van der Waals surface area contributed by atoms with Crippen molar-refractivity contribution in [2.45, 2.75) is 94.4 Å². The van der Waals surface area contributed by atoms with Gasteiger partial charge in [-0.05, 0) is 241 Å². The Hall–Kier alpha value is -11.8. The van der Waals surface area contributed by atoms with E-state index in [1.807, 2.05) is 179 Å². The second kappa shape index (κ2) is 54.0. The molecular formula is C107H110ClF3N4O9P2Ru2SSi+. The van der Waals surface area contributed by atoms with Gasteiger partial charge in [-0.3, -0.25) is 13.6 Å². The first-order valence-corrected chi connectivity index (χ1v) is 51.2. The molecule has 16 rings (SSSR count). The van der Waals surface area contributed by atoms with Crippen molar-refractivity contribution in [3.63, 3.8) is 0 Å². The fourth-order valence-electron chi connectivity index (χ4n) is 13.5. The zero-order valence-corrected chi connectivity index (χ0v) is 83.4. The summed E-state index contributed by atoms with van der Waals surface area (Å²) < 4.78 is 86.0. The van der Waals surface area contributed by atoms with Crippen molar-refractivity contribution in [2.75, 3.05) is 20.0 Å². The predicted octanol–water partition coefficient (Wildman–Crippen LogP) is 24.3. The van der Waals surface area contributed by atoms with E-state index in [0.29, 0.717) is 23.5 Å². The van der Waals surface area contributed by atoms with Crippen LogP contribution in [0.5, 0.6) is 23.0 Å². The van der Waals surface area contributed by atoms with Gasteiger partial charge in [-0.15, -0.1) is 0 Å². The first kappa shape index (κ1) is 107. The Morgan fingerprint density at radius 2 is 0.446 bits per heavy atom. The number of para-hydroxylation sites is 8. The summed E-state index contributed by atoms with van der Waals surface area (Å²) in [7, 11) is -5.25. The van der Waals surface area contributed by atoms with E-state index < -0.39 is 39.8 Å². The molecule has 130 heavy (non-hydrogen) atoms. The number of halogens is 4. The van der Waals surface area contributed by atoms with E-state index in [0.717, 1.165) is 90.3 Å². The van der Waals surface area contributed by atoms with Crippen LogP contribution in [0.2, 0.25) is 19.6 Å². The first-order valence-electron chi connectivity index (χ1n) is 41.0. The van der Waals surface area contributed by atoms with Crippen LogP contribution in [-0.4, -0.2) is 35.8 Å². The standard InChI is InChI=1S/2C31H28N2O2.2C18H15P.C4H9F3O3SSi.C2H6.2CHO.CH3.ClH.2Ru.2H/c2*1-22-13-11-14-23(2)30(22)34-28-21-29(35-31-24(3)15-12-16-25(31)4)33(27-19-9-6-10-20-27)32(28)26-17-7-5-8-18-26;2*1-4-10-16(11-5-1)19(17-12-6-2-7-13-17)18-14-8-3-9-15-18;1-12(2,3)10-11(8,9)4(5,6)7;3*1-2;;;;;;/h2*5-20H,1-4H3;2*1-15H;1-3H3;1-2H3;2*1H;1H3;1H;;;;/q;;;;;;3*-1;;+1;+2;;/p+1. The minimum absolute atomic E-state index is 0. The van der Waals surface area contributed by atoms with E-state index >= 15 is 0 Å². The molecule has 0 amide bonds. The second-order valence-electron chi connectivity index (χ2n) is 29.4. The Balaban J connectivity index is 0.000000255. The van der Waals surface area contributed by atoms with Crippen LogP contribution in [0.1, 0.15) is 58.4 Å². The molecule has 0 aromatic heterocycles. The first-order chi connectivity index (χ1) is 61.9. The SMILES string of the molecule is CC.C[Si](C)(C)OS(=O)(=O)C(F)(F)F.Cc1cccc(C)c1OC1=C=C(Oc2c(C)cccc2C)N(c2ccccc2)N1c1ccccc1.Cc1cccc(C)c1OC1=C=C(Oc2c(C)cccc2C)N(c2ccccc2)N1c1ccccc1.[CH-]=O.[CH-]=O.[CH3-].[Cl][RuH].[RuH+2].c1ccc([PH+](c2ccccc2)c2ccccc2)cc1.c1ccc([PH+](c2ccccc2)c2ccccc2)cc1. The fraction of sp³-hybridized carbons (Fsp3) is 0.131. The Kier molecular flexibility index (Phi) is 44.4. The van der Waals surface area contributed by atoms with Gasteiger partial charge in [0, 0.05) is 11.5 Å². The van der Waals surface area contributed by atoms with Gasteiger partial charge >= 0.3 is 62.1 Å². The number of hydrazine groups is 2. The van der Waals surface area contributed by atoms with E-state index in [1.165, 1.54) is 51.5 Å². The Morgan fingerprint density at radius 1 is 0.300 bits per heavy atom. The van der Waals surface area contributed by atoms with Crippen molar-refractivity contribution >= 4 is 112 Å². The number of carbonyl (C=O) groups excluding carboxylic acids is 2. The van der Waals surface area contributed by atoms with Crippen LogP contribution in [0.4, 0.5) is 35.9 Å². The van der Waals surface area contributed by atoms with E-state index in [4.69, 9.17) is 28.5 Å². The summed E-state index contributed by atoms with van der Waals surface area (Å²) in [5, 5.41) is 16.6. The maximum absolute atomic E-state index is 11.7. The molecule has 0 radical (unpaired) electrons. The Labute approximate surface area is 797 Å².